The van der Waals surface area contributed by atoms with Crippen LogP contribution in [-0.4, -0.2) is 15.9 Å². The Labute approximate surface area is 132 Å². The van der Waals surface area contributed by atoms with E-state index in [2.05, 4.69) is 20.6 Å². The molecular formula is C17H13N4O2-. The number of aromatic nitrogens is 2. The monoisotopic (exact) mass is 305 g/mol. The Morgan fingerprint density at radius 1 is 0.913 bits per heavy atom. The topological polar surface area (TPSA) is 90.0 Å². The van der Waals surface area contributed by atoms with E-state index in [1.54, 1.807) is 30.5 Å². The van der Waals surface area contributed by atoms with E-state index in [4.69, 9.17) is 0 Å². The summed E-state index contributed by atoms with van der Waals surface area (Å²) in [5, 5.41) is 17.2. The van der Waals surface area contributed by atoms with Gasteiger partial charge < -0.3 is 20.5 Å². The van der Waals surface area contributed by atoms with E-state index in [1.807, 2.05) is 30.3 Å². The number of rotatable bonds is 5. The Kier molecular flexibility index (Phi) is 4.15. The molecule has 6 nitrogen and oxygen atoms in total. The second kappa shape index (κ2) is 6.57. The molecule has 3 rings (SSSR count). The summed E-state index contributed by atoms with van der Waals surface area (Å²) >= 11 is 0. The highest BCUT2D eigenvalue weighted by Crippen LogP contribution is 2.20. The minimum Gasteiger partial charge on any atom is -0.545 e. The third-order valence-electron chi connectivity index (χ3n) is 3.10. The molecule has 0 radical (unpaired) electrons. The van der Waals surface area contributed by atoms with Crippen LogP contribution in [0.4, 0.5) is 23.1 Å². The number of aromatic carboxylic acids is 1. The van der Waals surface area contributed by atoms with Gasteiger partial charge in [-0.25, -0.2) is 4.98 Å². The average Bonchev–Trinajstić information content (AvgIpc) is 2.56. The van der Waals surface area contributed by atoms with Crippen LogP contribution in [0.1, 0.15) is 10.4 Å². The number of carbonyl (C=O) groups excluding carboxylic acids is 1. The number of anilines is 4. The minimum absolute atomic E-state index is 0.0729. The number of para-hydroxylation sites is 2. The standard InChI is InChI=1S/C17H14N4O2/c22-16(23)13-8-4-5-9-14(13)20-15-10-11-18-17(21-15)19-12-6-2-1-3-7-12/h1-11H,(H,22,23)(H2,18,19,20,21)/p-1. The van der Waals surface area contributed by atoms with Gasteiger partial charge >= 0.3 is 0 Å². The van der Waals surface area contributed by atoms with Crippen LogP contribution >= 0.6 is 0 Å². The predicted molar refractivity (Wildman–Crippen MR) is 85.8 cm³/mol. The Morgan fingerprint density at radius 2 is 1.65 bits per heavy atom. The quantitative estimate of drug-likeness (QED) is 0.752. The fraction of sp³-hybridized carbons (Fsp3) is 0. The zero-order chi connectivity index (χ0) is 16.1. The Morgan fingerprint density at radius 3 is 2.43 bits per heavy atom. The Bertz CT molecular complexity index is 822. The molecule has 0 atom stereocenters. The second-order valence-corrected chi connectivity index (χ2v) is 4.71. The van der Waals surface area contributed by atoms with Crippen molar-refractivity contribution in [1.82, 2.24) is 9.97 Å². The third-order valence-corrected chi connectivity index (χ3v) is 3.10. The molecule has 0 aliphatic heterocycles. The fourth-order valence-corrected chi connectivity index (χ4v) is 2.05. The molecule has 0 saturated heterocycles. The number of hydrogen-bond donors (Lipinski definition) is 2. The molecule has 23 heavy (non-hydrogen) atoms. The van der Waals surface area contributed by atoms with Crippen LogP contribution in [-0.2, 0) is 0 Å². The van der Waals surface area contributed by atoms with Crippen molar-refractivity contribution in [3.8, 4) is 0 Å². The van der Waals surface area contributed by atoms with Gasteiger partial charge in [0.1, 0.15) is 5.82 Å². The van der Waals surface area contributed by atoms with Gasteiger partial charge in [-0.2, -0.15) is 4.98 Å². The number of benzene rings is 2. The molecule has 0 fully saturated rings. The van der Waals surface area contributed by atoms with Crippen molar-refractivity contribution in [3.05, 3.63) is 72.4 Å². The minimum atomic E-state index is -1.25. The average molecular weight is 305 g/mol. The Hall–Kier alpha value is -3.41. The molecule has 0 bridgehead atoms. The van der Waals surface area contributed by atoms with Gasteiger partial charge in [-0.15, -0.1) is 0 Å². The van der Waals surface area contributed by atoms with Gasteiger partial charge in [0.05, 0.1) is 5.97 Å². The summed E-state index contributed by atoms with van der Waals surface area (Å²) in [5.41, 5.74) is 1.35. The number of hydrogen-bond acceptors (Lipinski definition) is 6. The normalized spacial score (nSPS) is 10.1. The van der Waals surface area contributed by atoms with Gasteiger partial charge in [0.15, 0.2) is 0 Å². The molecule has 0 amide bonds. The second-order valence-electron chi connectivity index (χ2n) is 4.71. The van der Waals surface area contributed by atoms with Crippen molar-refractivity contribution in [2.24, 2.45) is 0 Å². The largest absolute Gasteiger partial charge is 0.545 e. The van der Waals surface area contributed by atoms with Gasteiger partial charge in [0.25, 0.3) is 0 Å². The predicted octanol–water partition coefficient (Wildman–Crippen LogP) is 2.33. The molecule has 3 aromatic rings. The maximum atomic E-state index is 11.1. The van der Waals surface area contributed by atoms with E-state index in [-0.39, 0.29) is 5.56 Å². The van der Waals surface area contributed by atoms with Crippen molar-refractivity contribution >= 4 is 29.1 Å². The summed E-state index contributed by atoms with van der Waals surface area (Å²) < 4.78 is 0. The van der Waals surface area contributed by atoms with Crippen LogP contribution in [0.5, 0.6) is 0 Å². The zero-order valence-electron chi connectivity index (χ0n) is 12.1. The first-order valence-corrected chi connectivity index (χ1v) is 6.95. The van der Waals surface area contributed by atoms with Crippen LogP contribution in [0.3, 0.4) is 0 Å². The van der Waals surface area contributed by atoms with Crippen molar-refractivity contribution in [3.63, 3.8) is 0 Å². The van der Waals surface area contributed by atoms with Gasteiger partial charge in [0.2, 0.25) is 5.95 Å². The lowest BCUT2D eigenvalue weighted by molar-refractivity contribution is -0.254. The van der Waals surface area contributed by atoms with Gasteiger partial charge in [-0.3, -0.25) is 0 Å². The van der Waals surface area contributed by atoms with Gasteiger partial charge in [0, 0.05) is 23.1 Å². The fourth-order valence-electron chi connectivity index (χ4n) is 2.05. The molecule has 6 heteroatoms. The lowest BCUT2D eigenvalue weighted by Gasteiger charge is -2.12. The Balaban J connectivity index is 1.82. The maximum Gasteiger partial charge on any atom is 0.229 e. The van der Waals surface area contributed by atoms with Crippen LogP contribution in [0, 0.1) is 0 Å². The van der Waals surface area contributed by atoms with Crippen LogP contribution in [0.25, 0.3) is 0 Å². The molecule has 0 unspecified atom stereocenters. The zero-order valence-corrected chi connectivity index (χ0v) is 12.1. The summed E-state index contributed by atoms with van der Waals surface area (Å²) in [6, 6.07) is 17.7. The van der Waals surface area contributed by atoms with E-state index in [0.717, 1.165) is 5.69 Å². The molecule has 1 heterocycles. The van der Waals surface area contributed by atoms with E-state index in [9.17, 15) is 9.90 Å². The smallest absolute Gasteiger partial charge is 0.229 e. The number of carboxylic acids is 1. The van der Waals surface area contributed by atoms with Crippen LogP contribution < -0.4 is 15.7 Å². The summed E-state index contributed by atoms with van der Waals surface area (Å²) in [5.74, 6) is -0.357. The molecule has 1 aromatic heterocycles. The van der Waals surface area contributed by atoms with Crippen LogP contribution in [0.2, 0.25) is 0 Å². The molecule has 0 spiro atoms. The molecule has 2 N–H and O–H groups in total. The first kappa shape index (κ1) is 14.5. The summed E-state index contributed by atoms with van der Waals surface area (Å²) in [7, 11) is 0. The lowest BCUT2D eigenvalue weighted by atomic mass is 10.2. The van der Waals surface area contributed by atoms with E-state index < -0.39 is 5.97 Å². The number of nitrogens with zero attached hydrogens (tertiary/aromatic N) is 2. The molecule has 0 saturated carbocycles. The van der Waals surface area contributed by atoms with Crippen molar-refractivity contribution in [2.45, 2.75) is 0 Å². The highest BCUT2D eigenvalue weighted by molar-refractivity contribution is 5.93. The first-order valence-electron chi connectivity index (χ1n) is 6.95. The highest BCUT2D eigenvalue weighted by atomic mass is 16.4. The molecule has 0 aliphatic carbocycles. The van der Waals surface area contributed by atoms with E-state index in [0.29, 0.717) is 17.5 Å². The van der Waals surface area contributed by atoms with Crippen LogP contribution in [0.15, 0.2) is 66.9 Å². The SMILES string of the molecule is O=C([O-])c1ccccc1Nc1ccnc(Nc2ccccc2)n1. The summed E-state index contributed by atoms with van der Waals surface area (Å²) in [6.45, 7) is 0. The molecule has 2 aromatic carbocycles. The third kappa shape index (κ3) is 3.62. The summed E-state index contributed by atoms with van der Waals surface area (Å²) in [4.78, 5) is 19.6. The molecule has 0 aliphatic rings. The first-order chi connectivity index (χ1) is 11.2. The number of carboxylic acid groups (broad SMARTS) is 1. The molecule has 114 valence electrons. The highest BCUT2D eigenvalue weighted by Gasteiger charge is 2.05. The number of carbonyl (C=O) groups is 1. The van der Waals surface area contributed by atoms with Gasteiger partial charge in [-0.05, 0) is 24.3 Å². The maximum absolute atomic E-state index is 11.1. The van der Waals surface area contributed by atoms with Crippen molar-refractivity contribution in [1.29, 1.82) is 0 Å². The summed E-state index contributed by atoms with van der Waals surface area (Å²) in [6.07, 6.45) is 1.59. The number of nitrogens with one attached hydrogen (secondary N) is 2. The van der Waals surface area contributed by atoms with E-state index in [1.165, 1.54) is 6.07 Å². The van der Waals surface area contributed by atoms with Gasteiger partial charge in [-0.1, -0.05) is 36.4 Å². The van der Waals surface area contributed by atoms with Crippen molar-refractivity contribution in [2.75, 3.05) is 10.6 Å². The molecular weight excluding hydrogens is 292 g/mol. The van der Waals surface area contributed by atoms with Crippen molar-refractivity contribution < 1.29 is 9.90 Å². The lowest BCUT2D eigenvalue weighted by Crippen LogP contribution is -2.23. The van der Waals surface area contributed by atoms with E-state index >= 15 is 0 Å².